The van der Waals surface area contributed by atoms with E-state index in [1.807, 2.05) is 13.8 Å². The zero-order valence-corrected chi connectivity index (χ0v) is 9.46. The van der Waals surface area contributed by atoms with Crippen LogP contribution < -0.4 is 16.0 Å². The van der Waals surface area contributed by atoms with Crippen molar-refractivity contribution in [2.45, 2.75) is 32.9 Å². The Hall–Kier alpha value is -1.10. The molecular weight excluding hydrogens is 194 g/mol. The van der Waals surface area contributed by atoms with Crippen molar-refractivity contribution in [1.29, 1.82) is 0 Å². The van der Waals surface area contributed by atoms with Crippen LogP contribution in [0.5, 0.6) is 0 Å². The van der Waals surface area contributed by atoms with Crippen LogP contribution in [0.1, 0.15) is 20.8 Å². The van der Waals surface area contributed by atoms with Crippen molar-refractivity contribution in [3.8, 4) is 0 Å². The van der Waals surface area contributed by atoms with Crippen molar-refractivity contribution in [2.75, 3.05) is 13.1 Å². The molecule has 1 heterocycles. The van der Waals surface area contributed by atoms with E-state index in [1.165, 1.54) is 0 Å². The lowest BCUT2D eigenvalue weighted by Crippen LogP contribution is -2.55. The molecule has 5 heteroatoms. The minimum Gasteiger partial charge on any atom is -0.352 e. The highest BCUT2D eigenvalue weighted by atomic mass is 16.2. The van der Waals surface area contributed by atoms with Gasteiger partial charge in [0.25, 0.3) is 0 Å². The van der Waals surface area contributed by atoms with E-state index < -0.39 is 6.04 Å². The second kappa shape index (κ2) is 5.11. The van der Waals surface area contributed by atoms with Crippen LogP contribution in [-0.2, 0) is 9.59 Å². The number of nitrogens with one attached hydrogen (secondary N) is 3. The summed E-state index contributed by atoms with van der Waals surface area (Å²) < 4.78 is 0. The van der Waals surface area contributed by atoms with Crippen LogP contribution in [-0.4, -0.2) is 37.0 Å². The molecule has 5 nitrogen and oxygen atoms in total. The number of carbonyl (C=O) groups excluding carboxylic acids is 2. The molecule has 1 fully saturated rings. The van der Waals surface area contributed by atoms with Gasteiger partial charge in [0.1, 0.15) is 6.04 Å². The van der Waals surface area contributed by atoms with Crippen LogP contribution in [0.15, 0.2) is 0 Å². The van der Waals surface area contributed by atoms with E-state index in [0.717, 1.165) is 0 Å². The molecular formula is C10H19N3O2. The Kier molecular flexibility index (Phi) is 4.08. The molecule has 1 aliphatic heterocycles. The van der Waals surface area contributed by atoms with E-state index in [2.05, 4.69) is 16.0 Å². The summed E-state index contributed by atoms with van der Waals surface area (Å²) in [5, 5.41) is 8.46. The molecule has 1 rings (SSSR count). The SMILES string of the molecule is CC(C)NC(=O)C(C)NC(=O)C1CNC1. The molecule has 0 bridgehead atoms. The van der Waals surface area contributed by atoms with Crippen molar-refractivity contribution in [3.63, 3.8) is 0 Å². The first-order valence-corrected chi connectivity index (χ1v) is 5.32. The van der Waals surface area contributed by atoms with Crippen molar-refractivity contribution in [1.82, 2.24) is 16.0 Å². The Bertz CT molecular complexity index is 249. The summed E-state index contributed by atoms with van der Waals surface area (Å²) in [5.41, 5.74) is 0. The van der Waals surface area contributed by atoms with Gasteiger partial charge in [-0.2, -0.15) is 0 Å². The van der Waals surface area contributed by atoms with Gasteiger partial charge in [-0.1, -0.05) is 0 Å². The quantitative estimate of drug-likeness (QED) is 0.574. The van der Waals surface area contributed by atoms with Crippen LogP contribution in [0.3, 0.4) is 0 Å². The Balaban J connectivity index is 2.30. The fourth-order valence-electron chi connectivity index (χ4n) is 1.28. The zero-order valence-electron chi connectivity index (χ0n) is 9.46. The van der Waals surface area contributed by atoms with Gasteiger partial charge >= 0.3 is 0 Å². The fraction of sp³-hybridized carbons (Fsp3) is 0.800. The highest BCUT2D eigenvalue weighted by Crippen LogP contribution is 2.02. The van der Waals surface area contributed by atoms with Crippen molar-refractivity contribution < 1.29 is 9.59 Å². The molecule has 3 N–H and O–H groups in total. The van der Waals surface area contributed by atoms with Gasteiger partial charge < -0.3 is 16.0 Å². The van der Waals surface area contributed by atoms with E-state index in [0.29, 0.717) is 13.1 Å². The molecule has 0 aromatic heterocycles. The summed E-state index contributed by atoms with van der Waals surface area (Å²) in [4.78, 5) is 23.0. The van der Waals surface area contributed by atoms with Crippen molar-refractivity contribution in [3.05, 3.63) is 0 Å². The summed E-state index contributed by atoms with van der Waals surface area (Å²) in [5.74, 6) is -0.148. The molecule has 1 saturated heterocycles. The molecule has 1 unspecified atom stereocenters. The van der Waals surface area contributed by atoms with Crippen molar-refractivity contribution >= 4 is 11.8 Å². The van der Waals surface area contributed by atoms with Crippen LogP contribution >= 0.6 is 0 Å². The van der Waals surface area contributed by atoms with Crippen LogP contribution in [0.2, 0.25) is 0 Å². The molecule has 0 radical (unpaired) electrons. The standard InChI is InChI=1S/C10H19N3O2/c1-6(2)12-9(14)7(3)13-10(15)8-4-11-5-8/h6-8,11H,4-5H2,1-3H3,(H,12,14)(H,13,15). The maximum Gasteiger partial charge on any atom is 0.242 e. The van der Waals surface area contributed by atoms with E-state index in [4.69, 9.17) is 0 Å². The summed E-state index contributed by atoms with van der Waals surface area (Å²) in [6.45, 7) is 6.90. The topological polar surface area (TPSA) is 70.2 Å². The second-order valence-corrected chi connectivity index (χ2v) is 4.25. The lowest BCUT2D eigenvalue weighted by Gasteiger charge is -2.27. The maximum absolute atomic E-state index is 11.5. The smallest absolute Gasteiger partial charge is 0.242 e. The van der Waals surface area contributed by atoms with E-state index >= 15 is 0 Å². The van der Waals surface area contributed by atoms with Gasteiger partial charge in [0.15, 0.2) is 0 Å². The van der Waals surface area contributed by atoms with Crippen molar-refractivity contribution in [2.24, 2.45) is 5.92 Å². The Morgan fingerprint density at radius 2 is 1.80 bits per heavy atom. The monoisotopic (exact) mass is 213 g/mol. The highest BCUT2D eigenvalue weighted by molar-refractivity contribution is 5.88. The normalized spacial score (nSPS) is 18.1. The molecule has 1 atom stereocenters. The van der Waals surface area contributed by atoms with Gasteiger partial charge in [-0.15, -0.1) is 0 Å². The first-order chi connectivity index (χ1) is 7.00. The fourth-order valence-corrected chi connectivity index (χ4v) is 1.28. The predicted molar refractivity (Wildman–Crippen MR) is 57.2 cm³/mol. The average molecular weight is 213 g/mol. The highest BCUT2D eigenvalue weighted by Gasteiger charge is 2.27. The Labute approximate surface area is 90.0 Å². The van der Waals surface area contributed by atoms with Gasteiger partial charge in [-0.25, -0.2) is 0 Å². The molecule has 0 saturated carbocycles. The molecule has 15 heavy (non-hydrogen) atoms. The van der Waals surface area contributed by atoms with E-state index in [9.17, 15) is 9.59 Å². The van der Waals surface area contributed by atoms with Crippen LogP contribution in [0.4, 0.5) is 0 Å². The molecule has 0 aromatic rings. The van der Waals surface area contributed by atoms with Gasteiger partial charge in [0, 0.05) is 19.1 Å². The summed E-state index contributed by atoms with van der Waals surface area (Å²) in [6, 6.07) is -0.359. The molecule has 86 valence electrons. The van der Waals surface area contributed by atoms with Crippen LogP contribution in [0.25, 0.3) is 0 Å². The number of carbonyl (C=O) groups is 2. The summed E-state index contributed by atoms with van der Waals surface area (Å²) in [7, 11) is 0. The first-order valence-electron chi connectivity index (χ1n) is 5.32. The molecule has 0 spiro atoms. The predicted octanol–water partition coefficient (Wildman–Crippen LogP) is -0.765. The number of rotatable bonds is 4. The lowest BCUT2D eigenvalue weighted by atomic mass is 10.0. The molecule has 2 amide bonds. The van der Waals surface area contributed by atoms with Crippen LogP contribution in [0, 0.1) is 5.92 Å². The van der Waals surface area contributed by atoms with Gasteiger partial charge in [0.2, 0.25) is 11.8 Å². The second-order valence-electron chi connectivity index (χ2n) is 4.25. The van der Waals surface area contributed by atoms with Gasteiger partial charge in [0.05, 0.1) is 5.92 Å². The number of hydrogen-bond donors (Lipinski definition) is 3. The molecule has 1 aliphatic rings. The Morgan fingerprint density at radius 1 is 1.20 bits per heavy atom. The van der Waals surface area contributed by atoms with Gasteiger partial charge in [-0.3, -0.25) is 9.59 Å². The maximum atomic E-state index is 11.5. The summed E-state index contributed by atoms with van der Waals surface area (Å²) in [6.07, 6.45) is 0. The van der Waals surface area contributed by atoms with E-state index in [-0.39, 0.29) is 23.8 Å². The third kappa shape index (κ3) is 3.51. The molecule has 0 aromatic carbocycles. The Morgan fingerprint density at radius 3 is 2.20 bits per heavy atom. The lowest BCUT2D eigenvalue weighted by molar-refractivity contribution is -0.131. The van der Waals surface area contributed by atoms with Gasteiger partial charge in [-0.05, 0) is 20.8 Å². The summed E-state index contributed by atoms with van der Waals surface area (Å²) >= 11 is 0. The zero-order chi connectivity index (χ0) is 11.4. The number of hydrogen-bond acceptors (Lipinski definition) is 3. The minimum atomic E-state index is -0.458. The molecule has 0 aliphatic carbocycles. The largest absolute Gasteiger partial charge is 0.352 e. The minimum absolute atomic E-state index is 0.0271. The third-order valence-corrected chi connectivity index (χ3v) is 2.34. The average Bonchev–Trinajstić information content (AvgIpc) is 1.98. The van der Waals surface area contributed by atoms with E-state index in [1.54, 1.807) is 6.92 Å². The first kappa shape index (κ1) is 12.0. The third-order valence-electron chi connectivity index (χ3n) is 2.34. The number of amides is 2.